The molecule has 1 amide bonds. The molecule has 0 radical (unpaired) electrons. The smallest absolute Gasteiger partial charge is 0.292 e. The number of aliphatic imine (C=N–C) groups is 1. The highest BCUT2D eigenvalue weighted by molar-refractivity contribution is 6.31. The lowest BCUT2D eigenvalue weighted by atomic mass is 10.1. The lowest BCUT2D eigenvalue weighted by Crippen LogP contribution is -2.26. The van der Waals surface area contributed by atoms with Crippen molar-refractivity contribution < 1.29 is 9.53 Å². The molecule has 5 nitrogen and oxygen atoms in total. The molecule has 1 unspecified atom stereocenters. The van der Waals surface area contributed by atoms with Gasteiger partial charge in [0, 0.05) is 35.6 Å². The second-order valence-electron chi connectivity index (χ2n) is 4.33. The molecule has 1 aliphatic rings. The number of amides is 1. The predicted octanol–water partition coefficient (Wildman–Crippen LogP) is 1.86. The molecule has 1 aliphatic heterocycles. The number of fused-ring (bicyclic) bond motifs is 1. The molecule has 2 N–H and O–H groups in total. The molecule has 2 aromatic rings. The van der Waals surface area contributed by atoms with Crippen LogP contribution in [0.25, 0.3) is 10.9 Å². The summed E-state index contributed by atoms with van der Waals surface area (Å²) >= 11 is 5.99. The molecule has 3 rings (SSSR count). The number of carbonyl (C=O) groups excluding carboxylic acids is 1. The van der Waals surface area contributed by atoms with Crippen molar-refractivity contribution in [2.75, 3.05) is 7.05 Å². The van der Waals surface area contributed by atoms with E-state index in [4.69, 9.17) is 16.3 Å². The fourth-order valence-electron chi connectivity index (χ4n) is 2.17. The number of aromatic nitrogens is 1. The normalized spacial score (nSPS) is 20.8. The molecule has 19 heavy (non-hydrogen) atoms. The zero-order valence-corrected chi connectivity index (χ0v) is 11.0. The van der Waals surface area contributed by atoms with Crippen molar-refractivity contribution in [3.8, 4) is 0 Å². The van der Waals surface area contributed by atoms with Crippen LogP contribution >= 0.6 is 11.6 Å². The minimum absolute atomic E-state index is 0.169. The molecule has 1 aromatic carbocycles. The summed E-state index contributed by atoms with van der Waals surface area (Å²) in [5.74, 6) is -0.169. The molecule has 0 bridgehead atoms. The predicted molar refractivity (Wildman–Crippen MR) is 73.4 cm³/mol. The number of hydrogen-bond donors (Lipinski definition) is 2. The first-order valence-electron chi connectivity index (χ1n) is 5.87. The van der Waals surface area contributed by atoms with Crippen molar-refractivity contribution in [2.24, 2.45) is 4.99 Å². The molecule has 98 valence electrons. The van der Waals surface area contributed by atoms with E-state index in [2.05, 4.69) is 15.3 Å². The zero-order valence-electron chi connectivity index (χ0n) is 10.2. The highest BCUT2D eigenvalue weighted by Crippen LogP contribution is 2.24. The summed E-state index contributed by atoms with van der Waals surface area (Å²) in [4.78, 5) is 18.7. The minimum atomic E-state index is -0.545. The SMILES string of the molecule is CN=C1NC(=O)C(Cc2c[nH]c3ccc(Cl)cc23)O1. The van der Waals surface area contributed by atoms with Crippen LogP contribution < -0.4 is 5.32 Å². The van der Waals surface area contributed by atoms with Crippen molar-refractivity contribution in [3.63, 3.8) is 0 Å². The first-order valence-corrected chi connectivity index (χ1v) is 6.25. The average Bonchev–Trinajstić information content (AvgIpc) is 2.95. The fraction of sp³-hybridized carbons (Fsp3) is 0.231. The Hall–Kier alpha value is -2.01. The average molecular weight is 278 g/mol. The highest BCUT2D eigenvalue weighted by atomic mass is 35.5. The topological polar surface area (TPSA) is 66.5 Å². The van der Waals surface area contributed by atoms with Crippen molar-refractivity contribution in [3.05, 3.63) is 35.0 Å². The van der Waals surface area contributed by atoms with E-state index in [-0.39, 0.29) is 11.9 Å². The van der Waals surface area contributed by atoms with E-state index in [1.807, 2.05) is 24.4 Å². The standard InChI is InChI=1S/C13H12ClN3O2/c1-15-13-17-12(18)11(19-13)4-7-6-16-10-3-2-8(14)5-9(7)10/h2-3,5-6,11,16H,4H2,1H3,(H,15,17,18). The number of benzene rings is 1. The lowest BCUT2D eigenvalue weighted by molar-refractivity contribution is -0.123. The van der Waals surface area contributed by atoms with E-state index in [0.29, 0.717) is 11.4 Å². The maximum Gasteiger partial charge on any atom is 0.292 e. The minimum Gasteiger partial charge on any atom is -0.451 e. The molecule has 1 saturated heterocycles. The monoisotopic (exact) mass is 277 g/mol. The second kappa shape index (κ2) is 4.59. The summed E-state index contributed by atoms with van der Waals surface area (Å²) in [5, 5.41) is 4.25. The Morgan fingerprint density at radius 3 is 3.05 bits per heavy atom. The lowest BCUT2D eigenvalue weighted by Gasteiger charge is -2.05. The van der Waals surface area contributed by atoms with Gasteiger partial charge in [-0.25, -0.2) is 4.99 Å². The van der Waals surface area contributed by atoms with Crippen molar-refractivity contribution in [1.82, 2.24) is 10.3 Å². The number of ether oxygens (including phenoxy) is 1. The first-order chi connectivity index (χ1) is 9.17. The van der Waals surface area contributed by atoms with Gasteiger partial charge in [-0.1, -0.05) is 11.6 Å². The van der Waals surface area contributed by atoms with Crippen LogP contribution in [0.2, 0.25) is 5.02 Å². The summed E-state index contributed by atoms with van der Waals surface area (Å²) in [5.41, 5.74) is 1.98. The van der Waals surface area contributed by atoms with E-state index >= 15 is 0 Å². The van der Waals surface area contributed by atoms with Gasteiger partial charge in [0.05, 0.1) is 0 Å². The van der Waals surface area contributed by atoms with Gasteiger partial charge < -0.3 is 9.72 Å². The van der Waals surface area contributed by atoms with Crippen LogP contribution in [-0.4, -0.2) is 30.1 Å². The number of nitrogens with one attached hydrogen (secondary N) is 2. The Morgan fingerprint density at radius 1 is 1.47 bits per heavy atom. The highest BCUT2D eigenvalue weighted by Gasteiger charge is 2.31. The molecule has 6 heteroatoms. The van der Waals surface area contributed by atoms with Gasteiger partial charge in [-0.05, 0) is 23.8 Å². The third-order valence-corrected chi connectivity index (χ3v) is 3.35. The molecule has 1 aromatic heterocycles. The maximum atomic E-state index is 11.7. The number of H-pyrrole nitrogens is 1. The van der Waals surface area contributed by atoms with Crippen LogP contribution in [0.15, 0.2) is 29.4 Å². The zero-order chi connectivity index (χ0) is 13.4. The van der Waals surface area contributed by atoms with E-state index in [0.717, 1.165) is 16.5 Å². The van der Waals surface area contributed by atoms with Crippen molar-refractivity contribution in [2.45, 2.75) is 12.5 Å². The van der Waals surface area contributed by atoms with Crippen LogP contribution in [-0.2, 0) is 16.0 Å². The summed E-state index contributed by atoms with van der Waals surface area (Å²) in [6, 6.07) is 5.89. The molecular formula is C13H12ClN3O2. The molecule has 1 fully saturated rings. The molecule has 0 aliphatic carbocycles. The quantitative estimate of drug-likeness (QED) is 0.880. The van der Waals surface area contributed by atoms with Gasteiger partial charge in [0.2, 0.25) is 0 Å². The Morgan fingerprint density at radius 2 is 2.32 bits per heavy atom. The fourth-order valence-corrected chi connectivity index (χ4v) is 2.34. The van der Waals surface area contributed by atoms with Crippen LogP contribution in [0.3, 0.4) is 0 Å². The third kappa shape index (κ3) is 2.17. The summed E-state index contributed by atoms with van der Waals surface area (Å²) in [7, 11) is 1.57. The van der Waals surface area contributed by atoms with Gasteiger partial charge in [0.25, 0.3) is 11.9 Å². The van der Waals surface area contributed by atoms with Crippen molar-refractivity contribution >= 4 is 34.4 Å². The number of amidine groups is 1. The summed E-state index contributed by atoms with van der Waals surface area (Å²) in [6.07, 6.45) is 1.81. The van der Waals surface area contributed by atoms with E-state index in [1.165, 1.54) is 0 Å². The Kier molecular flexibility index (Phi) is 2.91. The third-order valence-electron chi connectivity index (χ3n) is 3.11. The largest absolute Gasteiger partial charge is 0.451 e. The first kappa shape index (κ1) is 12.0. The Bertz CT molecular complexity index is 678. The molecule has 0 spiro atoms. The maximum absolute atomic E-state index is 11.7. The van der Waals surface area contributed by atoms with Gasteiger partial charge in [0.1, 0.15) is 0 Å². The van der Waals surface area contributed by atoms with Gasteiger partial charge in [-0.2, -0.15) is 0 Å². The number of halogens is 1. The molecule has 1 atom stereocenters. The van der Waals surface area contributed by atoms with Gasteiger partial charge >= 0.3 is 0 Å². The van der Waals surface area contributed by atoms with Crippen molar-refractivity contribution in [1.29, 1.82) is 0 Å². The van der Waals surface area contributed by atoms with Crippen LogP contribution in [0, 0.1) is 0 Å². The van der Waals surface area contributed by atoms with Crippen LogP contribution in [0.1, 0.15) is 5.56 Å². The van der Waals surface area contributed by atoms with E-state index in [9.17, 15) is 4.79 Å². The number of hydrogen-bond acceptors (Lipinski definition) is 3. The Labute approximate surface area is 114 Å². The molecule has 0 saturated carbocycles. The number of nitrogens with zero attached hydrogens (tertiary/aromatic N) is 1. The van der Waals surface area contributed by atoms with Gasteiger partial charge in [0.15, 0.2) is 6.10 Å². The molecule has 2 heterocycles. The second-order valence-corrected chi connectivity index (χ2v) is 4.77. The number of rotatable bonds is 2. The van der Waals surface area contributed by atoms with Crippen LogP contribution in [0.5, 0.6) is 0 Å². The van der Waals surface area contributed by atoms with Crippen LogP contribution in [0.4, 0.5) is 0 Å². The number of aromatic amines is 1. The molecular weight excluding hydrogens is 266 g/mol. The van der Waals surface area contributed by atoms with Gasteiger partial charge in [-0.3, -0.25) is 10.1 Å². The Balaban J connectivity index is 1.90. The summed E-state index contributed by atoms with van der Waals surface area (Å²) < 4.78 is 5.42. The summed E-state index contributed by atoms with van der Waals surface area (Å²) in [6.45, 7) is 0. The van der Waals surface area contributed by atoms with E-state index < -0.39 is 6.10 Å². The van der Waals surface area contributed by atoms with E-state index in [1.54, 1.807) is 7.05 Å². The van der Waals surface area contributed by atoms with Gasteiger partial charge in [-0.15, -0.1) is 0 Å². The number of carbonyl (C=O) groups is 1.